The van der Waals surface area contributed by atoms with E-state index in [0.29, 0.717) is 12.6 Å². The van der Waals surface area contributed by atoms with E-state index in [9.17, 15) is 4.79 Å². The first kappa shape index (κ1) is 21.7. The molecule has 1 N–H and O–H groups in total. The fraction of sp³-hybridized carbons (Fsp3) is 0.667. The van der Waals surface area contributed by atoms with Gasteiger partial charge in [0, 0.05) is 26.2 Å². The number of nitrogens with zero attached hydrogens (tertiary/aromatic N) is 2. The third-order valence-electron chi connectivity index (χ3n) is 5.17. The molecule has 1 aromatic rings. The van der Waals surface area contributed by atoms with Crippen molar-refractivity contribution in [3.63, 3.8) is 0 Å². The summed E-state index contributed by atoms with van der Waals surface area (Å²) in [4.78, 5) is 16.8. The van der Waals surface area contributed by atoms with Crippen molar-refractivity contribution in [1.29, 1.82) is 0 Å². The Morgan fingerprint density at radius 3 is 2.52 bits per heavy atom. The molecule has 1 aliphatic rings. The highest BCUT2D eigenvalue weighted by molar-refractivity contribution is 5.81. The van der Waals surface area contributed by atoms with E-state index in [2.05, 4.69) is 29.2 Å². The van der Waals surface area contributed by atoms with Gasteiger partial charge in [-0.05, 0) is 58.0 Å². The van der Waals surface area contributed by atoms with Crippen LogP contribution in [-0.4, -0.2) is 81.8 Å². The fourth-order valence-corrected chi connectivity index (χ4v) is 3.27. The lowest BCUT2D eigenvalue weighted by molar-refractivity contribution is -0.127. The first-order valence-electron chi connectivity index (χ1n) is 9.90. The number of methoxy groups -OCH3 is 1. The highest BCUT2D eigenvalue weighted by atomic mass is 16.5. The number of carbonyl (C=O) groups excluding carboxylic acids is 1. The maximum absolute atomic E-state index is 12.5. The molecule has 1 saturated heterocycles. The van der Waals surface area contributed by atoms with Crippen LogP contribution in [0.2, 0.25) is 0 Å². The molecule has 0 unspecified atom stereocenters. The van der Waals surface area contributed by atoms with Crippen molar-refractivity contribution in [1.82, 2.24) is 15.1 Å². The van der Waals surface area contributed by atoms with Crippen LogP contribution in [0.1, 0.15) is 25.3 Å². The van der Waals surface area contributed by atoms with Gasteiger partial charge in [0.05, 0.1) is 25.9 Å². The number of benzene rings is 1. The first-order chi connectivity index (χ1) is 13.0. The van der Waals surface area contributed by atoms with E-state index in [4.69, 9.17) is 9.47 Å². The number of likely N-dealkylation sites (tertiary alicyclic amines) is 1. The normalized spacial score (nSPS) is 17.1. The Kier molecular flexibility index (Phi) is 9.04. The van der Waals surface area contributed by atoms with Crippen LogP contribution in [0.4, 0.5) is 0 Å². The number of amides is 1. The second kappa shape index (κ2) is 11.3. The second-order valence-electron chi connectivity index (χ2n) is 7.47. The Hall–Kier alpha value is -1.63. The number of rotatable bonds is 10. The molecule has 2 rings (SSSR count). The van der Waals surface area contributed by atoms with Gasteiger partial charge in [0.2, 0.25) is 5.91 Å². The summed E-state index contributed by atoms with van der Waals surface area (Å²) in [7, 11) is 5.77. The van der Waals surface area contributed by atoms with Crippen molar-refractivity contribution in [3.05, 3.63) is 29.8 Å². The number of hydrogen-bond donors (Lipinski definition) is 1. The monoisotopic (exact) mass is 377 g/mol. The lowest BCUT2D eigenvalue weighted by Crippen LogP contribution is -2.49. The van der Waals surface area contributed by atoms with Gasteiger partial charge in [0.1, 0.15) is 5.75 Å². The third kappa shape index (κ3) is 7.48. The average molecular weight is 378 g/mol. The van der Waals surface area contributed by atoms with E-state index in [1.165, 1.54) is 5.56 Å². The lowest BCUT2D eigenvalue weighted by atomic mass is 10.1. The zero-order valence-corrected chi connectivity index (χ0v) is 17.2. The molecule has 0 spiro atoms. The van der Waals surface area contributed by atoms with Crippen molar-refractivity contribution >= 4 is 5.91 Å². The Balaban J connectivity index is 1.64. The smallest absolute Gasteiger partial charge is 0.237 e. The minimum Gasteiger partial charge on any atom is -0.497 e. The van der Waals surface area contributed by atoms with E-state index in [1.807, 2.05) is 31.2 Å². The molecule has 1 fully saturated rings. The molecule has 0 aromatic heterocycles. The summed E-state index contributed by atoms with van der Waals surface area (Å²) in [6.45, 7) is 6.21. The second-order valence-corrected chi connectivity index (χ2v) is 7.47. The van der Waals surface area contributed by atoms with Gasteiger partial charge in [-0.2, -0.15) is 0 Å². The van der Waals surface area contributed by atoms with Gasteiger partial charge in [-0.15, -0.1) is 0 Å². The van der Waals surface area contributed by atoms with Gasteiger partial charge in [0.15, 0.2) is 0 Å². The minimum atomic E-state index is -0.0939. The van der Waals surface area contributed by atoms with Crippen LogP contribution in [0.15, 0.2) is 24.3 Å². The molecule has 0 radical (unpaired) electrons. The summed E-state index contributed by atoms with van der Waals surface area (Å²) in [5.41, 5.74) is 1.19. The summed E-state index contributed by atoms with van der Waals surface area (Å²) in [5, 5.41) is 3.07. The summed E-state index contributed by atoms with van der Waals surface area (Å²) in [5.74, 6) is 0.959. The van der Waals surface area contributed by atoms with Gasteiger partial charge in [0.25, 0.3) is 0 Å². The number of ether oxygens (including phenoxy) is 2. The SMILES string of the molecule is COc1ccc(CCNC(=O)[C@H](C)N2CCC(OCCN(C)C)CC2)cc1. The zero-order valence-electron chi connectivity index (χ0n) is 17.2. The predicted octanol–water partition coefficient (Wildman–Crippen LogP) is 1.79. The van der Waals surface area contributed by atoms with E-state index in [-0.39, 0.29) is 11.9 Å². The molecule has 152 valence electrons. The molecule has 27 heavy (non-hydrogen) atoms. The molecule has 6 heteroatoms. The van der Waals surface area contributed by atoms with E-state index in [0.717, 1.165) is 51.3 Å². The van der Waals surface area contributed by atoms with Gasteiger partial charge in [-0.3, -0.25) is 9.69 Å². The lowest BCUT2D eigenvalue weighted by Gasteiger charge is -2.35. The largest absolute Gasteiger partial charge is 0.497 e. The van der Waals surface area contributed by atoms with Crippen molar-refractivity contribution in [2.24, 2.45) is 0 Å². The molecule has 1 aliphatic heterocycles. The molecule has 1 aromatic carbocycles. The summed E-state index contributed by atoms with van der Waals surface area (Å²) in [6.07, 6.45) is 3.14. The van der Waals surface area contributed by atoms with Crippen LogP contribution < -0.4 is 10.1 Å². The van der Waals surface area contributed by atoms with Crippen LogP contribution >= 0.6 is 0 Å². The molecule has 0 saturated carbocycles. The van der Waals surface area contributed by atoms with Crippen molar-refractivity contribution in [2.45, 2.75) is 38.3 Å². The standard InChI is InChI=1S/C21H35N3O3/c1-17(24-13-10-20(11-14-24)27-16-15-23(2)3)21(25)22-12-9-18-5-7-19(26-4)8-6-18/h5-8,17,20H,9-16H2,1-4H3,(H,22,25)/t17-/m0/s1. The number of nitrogens with one attached hydrogen (secondary N) is 1. The van der Waals surface area contributed by atoms with Gasteiger partial charge in [-0.25, -0.2) is 0 Å². The molecular formula is C21H35N3O3. The maximum Gasteiger partial charge on any atom is 0.237 e. The molecular weight excluding hydrogens is 342 g/mol. The van der Waals surface area contributed by atoms with Crippen LogP contribution in [0, 0.1) is 0 Å². The minimum absolute atomic E-state index is 0.0939. The van der Waals surface area contributed by atoms with E-state index >= 15 is 0 Å². The molecule has 1 heterocycles. The van der Waals surface area contributed by atoms with Gasteiger partial charge >= 0.3 is 0 Å². The third-order valence-corrected chi connectivity index (χ3v) is 5.17. The van der Waals surface area contributed by atoms with Crippen molar-refractivity contribution in [3.8, 4) is 5.75 Å². The van der Waals surface area contributed by atoms with Crippen molar-refractivity contribution < 1.29 is 14.3 Å². The quantitative estimate of drug-likeness (QED) is 0.674. The van der Waals surface area contributed by atoms with Gasteiger partial charge < -0.3 is 19.7 Å². The highest BCUT2D eigenvalue weighted by Gasteiger charge is 2.26. The van der Waals surface area contributed by atoms with E-state index in [1.54, 1.807) is 7.11 Å². The number of hydrogen-bond acceptors (Lipinski definition) is 5. The first-order valence-corrected chi connectivity index (χ1v) is 9.90. The molecule has 0 aliphatic carbocycles. The van der Waals surface area contributed by atoms with Crippen molar-refractivity contribution in [2.75, 3.05) is 54.0 Å². The molecule has 1 amide bonds. The highest BCUT2D eigenvalue weighted by Crippen LogP contribution is 2.16. The van der Waals surface area contributed by atoms with Gasteiger partial charge in [-0.1, -0.05) is 12.1 Å². The Morgan fingerprint density at radius 2 is 1.93 bits per heavy atom. The van der Waals surface area contributed by atoms with E-state index < -0.39 is 0 Å². The van der Waals surface area contributed by atoms with Crippen LogP contribution in [0.3, 0.4) is 0 Å². The zero-order chi connectivity index (χ0) is 19.6. The topological polar surface area (TPSA) is 54.0 Å². The summed E-state index contributed by atoms with van der Waals surface area (Å²) in [6, 6.07) is 7.88. The van der Waals surface area contributed by atoms with Crippen LogP contribution in [0.5, 0.6) is 5.75 Å². The summed E-state index contributed by atoms with van der Waals surface area (Å²) < 4.78 is 11.1. The molecule has 6 nitrogen and oxygen atoms in total. The Labute approximate surface area is 163 Å². The number of likely N-dealkylation sites (N-methyl/N-ethyl adjacent to an activating group) is 1. The average Bonchev–Trinajstić information content (AvgIpc) is 2.68. The summed E-state index contributed by atoms with van der Waals surface area (Å²) >= 11 is 0. The Morgan fingerprint density at radius 1 is 1.26 bits per heavy atom. The molecule has 0 bridgehead atoms. The fourth-order valence-electron chi connectivity index (χ4n) is 3.27. The number of piperidine rings is 1. The Bertz CT molecular complexity index is 554. The van der Waals surface area contributed by atoms with Crippen LogP contribution in [0.25, 0.3) is 0 Å². The maximum atomic E-state index is 12.5. The molecule has 1 atom stereocenters. The van der Waals surface area contributed by atoms with Crippen LogP contribution in [-0.2, 0) is 16.0 Å². The number of carbonyl (C=O) groups is 1. The predicted molar refractivity (Wildman–Crippen MR) is 108 cm³/mol.